The fourth-order valence-corrected chi connectivity index (χ4v) is 3.38. The highest BCUT2D eigenvalue weighted by atomic mass is 16.7. The number of benzene rings is 1. The van der Waals surface area contributed by atoms with Crippen molar-refractivity contribution in [3.63, 3.8) is 0 Å². The van der Waals surface area contributed by atoms with E-state index in [1.54, 1.807) is 0 Å². The van der Waals surface area contributed by atoms with Gasteiger partial charge in [-0.1, -0.05) is 45.6 Å². The summed E-state index contributed by atoms with van der Waals surface area (Å²) >= 11 is 0. The van der Waals surface area contributed by atoms with E-state index < -0.39 is 0 Å². The Labute approximate surface area is 144 Å². The van der Waals surface area contributed by atoms with E-state index in [1.807, 2.05) is 18.2 Å². The van der Waals surface area contributed by atoms with Gasteiger partial charge in [0.05, 0.1) is 0 Å². The molecule has 3 rings (SSSR count). The molecule has 0 saturated heterocycles. The maximum Gasteiger partial charge on any atom is 0.315 e. The highest BCUT2D eigenvalue weighted by Crippen LogP contribution is 2.36. The lowest BCUT2D eigenvalue weighted by atomic mass is 9.84. The number of ether oxygens (including phenoxy) is 2. The lowest BCUT2D eigenvalue weighted by molar-refractivity contribution is 0.174. The molecule has 0 aromatic heterocycles. The second-order valence-electron chi connectivity index (χ2n) is 7.47. The summed E-state index contributed by atoms with van der Waals surface area (Å²) < 4.78 is 10.8. The van der Waals surface area contributed by atoms with Crippen molar-refractivity contribution < 1.29 is 14.3 Å². The number of carbonyl (C=O) groups is 1. The molecule has 1 saturated carbocycles. The topological polar surface area (TPSA) is 59.6 Å². The first kappa shape index (κ1) is 16.9. The van der Waals surface area contributed by atoms with Gasteiger partial charge in [0, 0.05) is 18.0 Å². The molecule has 1 aliphatic heterocycles. The van der Waals surface area contributed by atoms with Crippen molar-refractivity contribution in [1.29, 1.82) is 0 Å². The Hall–Kier alpha value is -1.91. The summed E-state index contributed by atoms with van der Waals surface area (Å²) in [4.78, 5) is 12.2. The number of rotatable bonds is 4. The lowest BCUT2D eigenvalue weighted by Crippen LogP contribution is -2.45. The molecular weight excluding hydrogens is 304 g/mol. The van der Waals surface area contributed by atoms with Gasteiger partial charge in [0.1, 0.15) is 0 Å². The molecule has 1 aromatic rings. The van der Waals surface area contributed by atoms with Crippen LogP contribution < -0.4 is 20.1 Å². The van der Waals surface area contributed by atoms with Gasteiger partial charge >= 0.3 is 6.03 Å². The minimum atomic E-state index is -0.179. The molecule has 1 aliphatic carbocycles. The van der Waals surface area contributed by atoms with Crippen LogP contribution in [-0.4, -0.2) is 25.4 Å². The summed E-state index contributed by atoms with van der Waals surface area (Å²) in [5.41, 5.74) is 0.948. The Bertz CT molecular complexity index is 578. The fraction of sp³-hybridized carbons (Fsp3) is 0.632. The third-order valence-corrected chi connectivity index (χ3v) is 5.04. The van der Waals surface area contributed by atoms with Crippen LogP contribution in [0.1, 0.15) is 57.9 Å². The highest BCUT2D eigenvalue weighted by Gasteiger charge is 2.25. The molecule has 1 heterocycles. The smallest absolute Gasteiger partial charge is 0.315 e. The molecule has 1 fully saturated rings. The van der Waals surface area contributed by atoms with Crippen LogP contribution in [0, 0.1) is 0 Å². The number of carbonyl (C=O) groups excluding carboxylic acids is 1. The quantitative estimate of drug-likeness (QED) is 0.826. The van der Waals surface area contributed by atoms with Gasteiger partial charge in [-0.3, -0.25) is 0 Å². The average Bonchev–Trinajstić information content (AvgIpc) is 2.89. The van der Waals surface area contributed by atoms with Crippen LogP contribution in [0.5, 0.6) is 11.5 Å². The Kier molecular flexibility index (Phi) is 5.17. The Morgan fingerprint density at radius 3 is 2.58 bits per heavy atom. The van der Waals surface area contributed by atoms with Crippen LogP contribution in [0.25, 0.3) is 0 Å². The second kappa shape index (κ2) is 7.32. The largest absolute Gasteiger partial charge is 0.454 e. The van der Waals surface area contributed by atoms with Crippen LogP contribution in [0.4, 0.5) is 4.79 Å². The second-order valence-corrected chi connectivity index (χ2v) is 7.47. The van der Waals surface area contributed by atoms with Gasteiger partial charge in [-0.05, 0) is 30.5 Å². The molecule has 0 unspecified atom stereocenters. The van der Waals surface area contributed by atoms with Gasteiger partial charge in [0.15, 0.2) is 11.5 Å². The van der Waals surface area contributed by atoms with Crippen molar-refractivity contribution in [3.05, 3.63) is 23.8 Å². The van der Waals surface area contributed by atoms with E-state index in [4.69, 9.17) is 9.47 Å². The maximum absolute atomic E-state index is 12.2. The molecule has 132 valence electrons. The first-order valence-corrected chi connectivity index (χ1v) is 8.99. The van der Waals surface area contributed by atoms with Crippen molar-refractivity contribution in [1.82, 2.24) is 10.6 Å². The van der Waals surface area contributed by atoms with Gasteiger partial charge in [-0.2, -0.15) is 0 Å². The molecule has 1 aromatic carbocycles. The van der Waals surface area contributed by atoms with Gasteiger partial charge in [-0.25, -0.2) is 4.79 Å². The van der Waals surface area contributed by atoms with Crippen molar-refractivity contribution in [3.8, 4) is 11.5 Å². The SMILES string of the molecule is CC(C)(CNC(=O)NC1CCCCCC1)c1ccc2c(c1)OCO2. The molecule has 2 aliphatic rings. The highest BCUT2D eigenvalue weighted by molar-refractivity contribution is 5.74. The number of amides is 2. The zero-order chi connectivity index (χ0) is 17.0. The summed E-state index contributed by atoms with van der Waals surface area (Å²) in [6, 6.07) is 6.24. The van der Waals surface area contributed by atoms with E-state index in [2.05, 4.69) is 24.5 Å². The van der Waals surface area contributed by atoms with Gasteiger partial charge in [-0.15, -0.1) is 0 Å². The third-order valence-electron chi connectivity index (χ3n) is 5.04. The number of urea groups is 1. The zero-order valence-corrected chi connectivity index (χ0v) is 14.7. The zero-order valence-electron chi connectivity index (χ0n) is 14.7. The van der Waals surface area contributed by atoms with E-state index in [9.17, 15) is 4.79 Å². The summed E-state index contributed by atoms with van der Waals surface area (Å²) in [5, 5.41) is 6.16. The monoisotopic (exact) mass is 332 g/mol. The Balaban J connectivity index is 1.53. The minimum absolute atomic E-state index is 0.0595. The molecule has 0 bridgehead atoms. The fourth-order valence-electron chi connectivity index (χ4n) is 3.38. The standard InChI is InChI=1S/C19H28N2O3/c1-19(2,14-9-10-16-17(11-14)24-13-23-16)12-20-18(22)21-15-7-5-3-4-6-8-15/h9-11,15H,3-8,12-13H2,1-2H3,(H2,20,21,22). The van der Waals surface area contributed by atoms with Crippen LogP contribution in [0.2, 0.25) is 0 Å². The molecule has 5 heteroatoms. The van der Waals surface area contributed by atoms with Crippen LogP contribution in [-0.2, 0) is 5.41 Å². The van der Waals surface area contributed by atoms with Gasteiger partial charge in [0.2, 0.25) is 6.79 Å². The average molecular weight is 332 g/mol. The van der Waals surface area contributed by atoms with E-state index in [-0.39, 0.29) is 18.2 Å². The lowest BCUT2D eigenvalue weighted by Gasteiger charge is -2.26. The molecule has 0 atom stereocenters. The van der Waals surface area contributed by atoms with Crippen molar-refractivity contribution in [2.45, 2.75) is 63.8 Å². The number of hydrogen-bond donors (Lipinski definition) is 2. The van der Waals surface area contributed by atoms with Crippen LogP contribution >= 0.6 is 0 Å². The number of nitrogens with one attached hydrogen (secondary N) is 2. The maximum atomic E-state index is 12.2. The summed E-state index contributed by atoms with van der Waals surface area (Å²) in [6.45, 7) is 5.10. The van der Waals surface area contributed by atoms with Crippen LogP contribution in [0.3, 0.4) is 0 Å². The minimum Gasteiger partial charge on any atom is -0.454 e. The molecule has 0 spiro atoms. The number of fused-ring (bicyclic) bond motifs is 1. The predicted molar refractivity (Wildman–Crippen MR) is 93.6 cm³/mol. The van der Waals surface area contributed by atoms with Gasteiger partial charge < -0.3 is 20.1 Å². The Morgan fingerprint density at radius 2 is 1.83 bits per heavy atom. The first-order chi connectivity index (χ1) is 11.5. The molecule has 2 N–H and O–H groups in total. The van der Waals surface area contributed by atoms with E-state index in [0.717, 1.165) is 29.9 Å². The first-order valence-electron chi connectivity index (χ1n) is 8.99. The third kappa shape index (κ3) is 4.13. The predicted octanol–water partition coefficient (Wildman–Crippen LogP) is 3.71. The molecular formula is C19H28N2O3. The van der Waals surface area contributed by atoms with Crippen LogP contribution in [0.15, 0.2) is 18.2 Å². The molecule has 5 nitrogen and oxygen atoms in total. The van der Waals surface area contributed by atoms with E-state index >= 15 is 0 Å². The van der Waals surface area contributed by atoms with Crippen molar-refractivity contribution in [2.75, 3.05) is 13.3 Å². The number of hydrogen-bond acceptors (Lipinski definition) is 3. The molecule has 0 radical (unpaired) electrons. The normalized spacial score (nSPS) is 18.1. The van der Waals surface area contributed by atoms with Gasteiger partial charge in [0.25, 0.3) is 0 Å². The Morgan fingerprint density at radius 1 is 1.12 bits per heavy atom. The van der Waals surface area contributed by atoms with Crippen molar-refractivity contribution in [2.24, 2.45) is 0 Å². The molecule has 24 heavy (non-hydrogen) atoms. The van der Waals surface area contributed by atoms with E-state index in [1.165, 1.54) is 25.7 Å². The summed E-state index contributed by atoms with van der Waals surface area (Å²) in [7, 11) is 0. The van der Waals surface area contributed by atoms with Crippen molar-refractivity contribution >= 4 is 6.03 Å². The summed E-state index contributed by atoms with van der Waals surface area (Å²) in [5.74, 6) is 1.57. The van der Waals surface area contributed by atoms with E-state index in [0.29, 0.717) is 12.6 Å². The summed E-state index contributed by atoms with van der Waals surface area (Å²) in [6.07, 6.45) is 7.20. The molecule has 2 amide bonds.